The normalized spacial score (nSPS) is 13.7. The van der Waals surface area contributed by atoms with Crippen LogP contribution in [0, 0.1) is 0 Å². The lowest BCUT2D eigenvalue weighted by Gasteiger charge is -2.18. The zero-order valence-electron chi connectivity index (χ0n) is 14.2. The number of rotatable bonds is 5. The molecule has 128 valence electrons. The van der Waals surface area contributed by atoms with E-state index in [0.717, 1.165) is 35.5 Å². The molecule has 0 saturated carbocycles. The predicted molar refractivity (Wildman–Crippen MR) is 101 cm³/mol. The summed E-state index contributed by atoms with van der Waals surface area (Å²) < 4.78 is 10.4. The maximum atomic E-state index is 12.3. The average molecular weight is 355 g/mol. The van der Waals surface area contributed by atoms with Gasteiger partial charge in [0.25, 0.3) is 0 Å². The van der Waals surface area contributed by atoms with Crippen LogP contribution in [0.3, 0.4) is 0 Å². The van der Waals surface area contributed by atoms with Crippen LogP contribution in [0.25, 0.3) is 5.03 Å². The number of benzene rings is 2. The van der Waals surface area contributed by atoms with Gasteiger partial charge in [0.2, 0.25) is 0 Å². The predicted octanol–water partition coefficient (Wildman–Crippen LogP) is 5.04. The Labute approximate surface area is 152 Å². The first-order chi connectivity index (χ1) is 12.1. The lowest BCUT2D eigenvalue weighted by Crippen LogP contribution is -2.02. The van der Waals surface area contributed by atoms with Crippen molar-refractivity contribution >= 4 is 22.4 Å². The number of ketones is 1. The van der Waals surface area contributed by atoms with E-state index in [2.05, 4.69) is 0 Å². The molecular formula is C21H19ClO3. The average Bonchev–Trinajstić information content (AvgIpc) is 2.67. The number of fused-ring (bicyclic) bond motifs is 1. The lowest BCUT2D eigenvalue weighted by molar-refractivity contribution is 0.104. The van der Waals surface area contributed by atoms with Gasteiger partial charge in [0.05, 0.1) is 19.3 Å². The maximum Gasteiger partial charge on any atom is 0.185 e. The number of hydrogen-bond acceptors (Lipinski definition) is 3. The molecule has 0 fully saturated rings. The SMILES string of the molecule is COc1ccc(C(=O)/C=C/C2=C(Cl)c3ccc(OC)cc3CC2)cc1. The number of ether oxygens (including phenoxy) is 2. The van der Waals surface area contributed by atoms with Crippen molar-refractivity contribution in [1.82, 2.24) is 0 Å². The Bertz CT molecular complexity index is 848. The van der Waals surface area contributed by atoms with Crippen molar-refractivity contribution in [2.24, 2.45) is 0 Å². The van der Waals surface area contributed by atoms with Gasteiger partial charge < -0.3 is 9.47 Å². The fourth-order valence-corrected chi connectivity index (χ4v) is 3.20. The summed E-state index contributed by atoms with van der Waals surface area (Å²) in [5.41, 5.74) is 3.77. The second kappa shape index (κ2) is 7.58. The van der Waals surface area contributed by atoms with Gasteiger partial charge in [-0.2, -0.15) is 0 Å². The highest BCUT2D eigenvalue weighted by Crippen LogP contribution is 2.36. The number of aryl methyl sites for hydroxylation is 1. The number of allylic oxidation sites excluding steroid dienone is 3. The molecule has 3 rings (SSSR count). The van der Waals surface area contributed by atoms with Crippen LogP contribution in [-0.4, -0.2) is 20.0 Å². The Morgan fingerprint density at radius 3 is 2.36 bits per heavy atom. The molecule has 0 atom stereocenters. The van der Waals surface area contributed by atoms with Gasteiger partial charge in [0.15, 0.2) is 5.78 Å². The van der Waals surface area contributed by atoms with E-state index in [1.54, 1.807) is 44.6 Å². The highest BCUT2D eigenvalue weighted by Gasteiger charge is 2.17. The van der Waals surface area contributed by atoms with E-state index in [9.17, 15) is 4.79 Å². The minimum Gasteiger partial charge on any atom is -0.497 e. The van der Waals surface area contributed by atoms with Gasteiger partial charge in [-0.15, -0.1) is 0 Å². The highest BCUT2D eigenvalue weighted by molar-refractivity contribution is 6.49. The third-order valence-electron chi connectivity index (χ3n) is 4.30. The molecule has 0 unspecified atom stereocenters. The summed E-state index contributed by atoms with van der Waals surface area (Å²) in [5.74, 6) is 1.50. The third-order valence-corrected chi connectivity index (χ3v) is 4.75. The maximum absolute atomic E-state index is 12.3. The Hall–Kier alpha value is -2.52. The number of carbonyl (C=O) groups is 1. The Morgan fingerprint density at radius 2 is 1.68 bits per heavy atom. The lowest BCUT2D eigenvalue weighted by atomic mass is 9.91. The van der Waals surface area contributed by atoms with Crippen LogP contribution in [0.2, 0.25) is 0 Å². The van der Waals surface area contributed by atoms with Crippen LogP contribution in [0.1, 0.15) is 27.9 Å². The molecule has 0 spiro atoms. The minimum absolute atomic E-state index is 0.0554. The summed E-state index contributed by atoms with van der Waals surface area (Å²) in [6.07, 6.45) is 5.07. The summed E-state index contributed by atoms with van der Waals surface area (Å²) in [5, 5.41) is 0.697. The first-order valence-electron chi connectivity index (χ1n) is 8.05. The van der Waals surface area contributed by atoms with Crippen molar-refractivity contribution in [2.45, 2.75) is 12.8 Å². The molecule has 3 nitrogen and oxygen atoms in total. The minimum atomic E-state index is -0.0554. The van der Waals surface area contributed by atoms with E-state index in [1.165, 1.54) is 5.56 Å². The molecule has 0 N–H and O–H groups in total. The second-order valence-corrected chi connectivity index (χ2v) is 6.17. The fraction of sp³-hybridized carbons (Fsp3) is 0.190. The van der Waals surface area contributed by atoms with E-state index in [4.69, 9.17) is 21.1 Å². The van der Waals surface area contributed by atoms with Gasteiger partial charge in [0, 0.05) is 5.56 Å². The van der Waals surface area contributed by atoms with E-state index >= 15 is 0 Å². The number of carbonyl (C=O) groups excluding carboxylic acids is 1. The smallest absolute Gasteiger partial charge is 0.185 e. The van der Waals surface area contributed by atoms with Crippen LogP contribution in [0.4, 0.5) is 0 Å². The van der Waals surface area contributed by atoms with Gasteiger partial charge in [-0.25, -0.2) is 0 Å². The molecule has 0 heterocycles. The standard InChI is InChI=1S/C21H19ClO3/c1-24-17-8-5-14(6-9-17)20(23)12-7-15-3-4-16-13-18(25-2)10-11-19(16)21(15)22/h5-13H,3-4H2,1-2H3/b12-7+. The molecule has 2 aromatic rings. The Kier molecular flexibility index (Phi) is 5.25. The zero-order valence-corrected chi connectivity index (χ0v) is 15.0. The molecule has 2 aromatic carbocycles. The molecule has 25 heavy (non-hydrogen) atoms. The van der Waals surface area contributed by atoms with Crippen LogP contribution in [0.15, 0.2) is 60.2 Å². The zero-order chi connectivity index (χ0) is 17.8. The van der Waals surface area contributed by atoms with E-state index in [0.29, 0.717) is 10.6 Å². The molecular weight excluding hydrogens is 336 g/mol. The van der Waals surface area contributed by atoms with Crippen molar-refractivity contribution in [1.29, 1.82) is 0 Å². The van der Waals surface area contributed by atoms with Crippen molar-refractivity contribution in [3.8, 4) is 11.5 Å². The van der Waals surface area contributed by atoms with Crippen molar-refractivity contribution < 1.29 is 14.3 Å². The molecule has 1 aliphatic rings. The highest BCUT2D eigenvalue weighted by atomic mass is 35.5. The van der Waals surface area contributed by atoms with Crippen LogP contribution in [-0.2, 0) is 6.42 Å². The number of methoxy groups -OCH3 is 2. The first-order valence-corrected chi connectivity index (χ1v) is 8.42. The summed E-state index contributed by atoms with van der Waals surface area (Å²) >= 11 is 6.54. The summed E-state index contributed by atoms with van der Waals surface area (Å²) in [6.45, 7) is 0. The second-order valence-electron chi connectivity index (χ2n) is 5.79. The quantitative estimate of drug-likeness (QED) is 0.557. The van der Waals surface area contributed by atoms with Gasteiger partial charge in [-0.1, -0.05) is 17.7 Å². The molecule has 4 heteroatoms. The first kappa shape index (κ1) is 17.3. The molecule has 0 aliphatic heterocycles. The Balaban J connectivity index is 1.81. The van der Waals surface area contributed by atoms with Crippen LogP contribution >= 0.6 is 11.6 Å². The molecule has 0 amide bonds. The number of hydrogen-bond donors (Lipinski definition) is 0. The van der Waals surface area contributed by atoms with E-state index in [1.807, 2.05) is 24.3 Å². The molecule has 0 bridgehead atoms. The summed E-state index contributed by atoms with van der Waals surface area (Å²) in [4.78, 5) is 12.3. The van der Waals surface area contributed by atoms with Crippen molar-refractivity contribution in [2.75, 3.05) is 14.2 Å². The third kappa shape index (κ3) is 3.77. The molecule has 1 aliphatic carbocycles. The fourth-order valence-electron chi connectivity index (χ4n) is 2.85. The van der Waals surface area contributed by atoms with Gasteiger partial charge in [-0.3, -0.25) is 4.79 Å². The van der Waals surface area contributed by atoms with Crippen molar-refractivity contribution in [3.63, 3.8) is 0 Å². The van der Waals surface area contributed by atoms with Gasteiger partial charge in [0.1, 0.15) is 11.5 Å². The number of halogens is 1. The summed E-state index contributed by atoms with van der Waals surface area (Å²) in [6, 6.07) is 12.9. The molecule has 0 aromatic heterocycles. The summed E-state index contributed by atoms with van der Waals surface area (Å²) in [7, 11) is 3.25. The van der Waals surface area contributed by atoms with Gasteiger partial charge >= 0.3 is 0 Å². The van der Waals surface area contributed by atoms with E-state index < -0.39 is 0 Å². The van der Waals surface area contributed by atoms with Crippen LogP contribution < -0.4 is 9.47 Å². The molecule has 0 saturated heterocycles. The largest absolute Gasteiger partial charge is 0.497 e. The van der Waals surface area contributed by atoms with Crippen molar-refractivity contribution in [3.05, 3.63) is 76.9 Å². The van der Waals surface area contributed by atoms with Gasteiger partial charge in [-0.05, 0) is 78.1 Å². The molecule has 0 radical (unpaired) electrons. The van der Waals surface area contributed by atoms with E-state index in [-0.39, 0.29) is 5.78 Å². The Morgan fingerprint density at radius 1 is 1.00 bits per heavy atom. The topological polar surface area (TPSA) is 35.5 Å². The van der Waals surface area contributed by atoms with Crippen LogP contribution in [0.5, 0.6) is 11.5 Å². The monoisotopic (exact) mass is 354 g/mol.